The van der Waals surface area contributed by atoms with E-state index < -0.39 is 0 Å². The van der Waals surface area contributed by atoms with Crippen LogP contribution in [0.2, 0.25) is 0 Å². The Labute approximate surface area is 142 Å². The lowest BCUT2D eigenvalue weighted by Gasteiger charge is -2.26. The minimum absolute atomic E-state index is 0.0395. The van der Waals surface area contributed by atoms with E-state index in [0.29, 0.717) is 17.5 Å². The number of hydrogen-bond acceptors (Lipinski definition) is 3. The van der Waals surface area contributed by atoms with Crippen molar-refractivity contribution in [2.45, 2.75) is 45.6 Å². The summed E-state index contributed by atoms with van der Waals surface area (Å²) in [6.45, 7) is 4.27. The van der Waals surface area contributed by atoms with Crippen LogP contribution in [0.1, 0.15) is 38.2 Å². The third-order valence-corrected chi connectivity index (χ3v) is 5.12. The van der Waals surface area contributed by atoms with Crippen molar-refractivity contribution in [3.63, 3.8) is 0 Å². The Balaban J connectivity index is 1.61. The summed E-state index contributed by atoms with van der Waals surface area (Å²) in [6.07, 6.45) is 4.53. The molecule has 23 heavy (non-hydrogen) atoms. The molecule has 0 radical (unpaired) electrons. The van der Waals surface area contributed by atoms with E-state index in [2.05, 4.69) is 17.6 Å². The van der Waals surface area contributed by atoms with Gasteiger partial charge in [-0.2, -0.15) is 0 Å². The minimum atomic E-state index is -0.0712. The first-order valence-corrected chi connectivity index (χ1v) is 9.42. The van der Waals surface area contributed by atoms with Gasteiger partial charge >= 0.3 is 0 Å². The lowest BCUT2D eigenvalue weighted by molar-refractivity contribution is -0.119. The Morgan fingerprint density at radius 2 is 1.65 bits per heavy atom. The molecule has 0 unspecified atom stereocenters. The van der Waals surface area contributed by atoms with Crippen molar-refractivity contribution >= 4 is 29.3 Å². The Bertz CT molecular complexity index is 522. The van der Waals surface area contributed by atoms with E-state index in [4.69, 9.17) is 0 Å². The molecule has 0 aromatic heterocycles. The first-order valence-electron chi connectivity index (χ1n) is 8.26. The summed E-state index contributed by atoms with van der Waals surface area (Å²) in [5.41, 5.74) is 1.95. The standard InChI is InChI=1S/C18H26N2O2S/c1-13-3-7-15(8-4-13)19-17(21)11-23-12-18(22)20-16-9-5-14(2)6-10-16/h3-4,7-8,14,16H,5-6,9-12H2,1-2H3,(H,19,21)(H,20,22). The van der Waals surface area contributed by atoms with Gasteiger partial charge in [0, 0.05) is 11.7 Å². The molecule has 1 aliphatic rings. The zero-order chi connectivity index (χ0) is 16.7. The van der Waals surface area contributed by atoms with E-state index in [1.165, 1.54) is 24.6 Å². The summed E-state index contributed by atoms with van der Waals surface area (Å²) in [5, 5.41) is 5.92. The number of thioether (sulfide) groups is 1. The molecule has 5 heteroatoms. The van der Waals surface area contributed by atoms with Gasteiger partial charge in [0.25, 0.3) is 0 Å². The highest BCUT2D eigenvalue weighted by atomic mass is 32.2. The largest absolute Gasteiger partial charge is 0.353 e. The van der Waals surface area contributed by atoms with Gasteiger partial charge in [0.1, 0.15) is 0 Å². The monoisotopic (exact) mass is 334 g/mol. The van der Waals surface area contributed by atoms with Crippen LogP contribution < -0.4 is 10.6 Å². The molecule has 0 bridgehead atoms. The van der Waals surface area contributed by atoms with Crippen molar-refractivity contribution in [2.24, 2.45) is 5.92 Å². The fourth-order valence-corrected chi connectivity index (χ4v) is 3.37. The molecule has 1 aromatic carbocycles. The highest BCUT2D eigenvalue weighted by molar-refractivity contribution is 8.00. The fraction of sp³-hybridized carbons (Fsp3) is 0.556. The number of amides is 2. The molecule has 0 heterocycles. The van der Waals surface area contributed by atoms with Crippen LogP contribution in [-0.2, 0) is 9.59 Å². The summed E-state index contributed by atoms with van der Waals surface area (Å²) in [4.78, 5) is 23.7. The quantitative estimate of drug-likeness (QED) is 0.838. The van der Waals surface area contributed by atoms with Gasteiger partial charge in [-0.1, -0.05) is 24.6 Å². The first-order chi connectivity index (χ1) is 11.0. The topological polar surface area (TPSA) is 58.2 Å². The van der Waals surface area contributed by atoms with Crippen LogP contribution >= 0.6 is 11.8 Å². The van der Waals surface area contributed by atoms with Crippen molar-refractivity contribution in [1.82, 2.24) is 5.32 Å². The van der Waals surface area contributed by atoms with Gasteiger partial charge < -0.3 is 10.6 Å². The van der Waals surface area contributed by atoms with Crippen LogP contribution in [0.15, 0.2) is 24.3 Å². The van der Waals surface area contributed by atoms with Crippen molar-refractivity contribution < 1.29 is 9.59 Å². The number of anilines is 1. The smallest absolute Gasteiger partial charge is 0.234 e. The molecular formula is C18H26N2O2S. The molecule has 2 rings (SSSR count). The fourth-order valence-electron chi connectivity index (χ4n) is 2.74. The highest BCUT2D eigenvalue weighted by Gasteiger charge is 2.19. The van der Waals surface area contributed by atoms with E-state index in [9.17, 15) is 9.59 Å². The van der Waals surface area contributed by atoms with Gasteiger partial charge in [0.2, 0.25) is 11.8 Å². The van der Waals surface area contributed by atoms with Crippen molar-refractivity contribution in [1.29, 1.82) is 0 Å². The van der Waals surface area contributed by atoms with Gasteiger partial charge in [-0.05, 0) is 50.7 Å². The molecule has 4 nitrogen and oxygen atoms in total. The molecule has 0 atom stereocenters. The lowest BCUT2D eigenvalue weighted by atomic mass is 9.87. The molecule has 0 saturated heterocycles. The summed E-state index contributed by atoms with van der Waals surface area (Å²) in [7, 11) is 0. The van der Waals surface area contributed by atoms with Crippen LogP contribution in [0.25, 0.3) is 0 Å². The van der Waals surface area contributed by atoms with E-state index >= 15 is 0 Å². The molecule has 0 spiro atoms. The molecule has 1 saturated carbocycles. The van der Waals surface area contributed by atoms with Gasteiger partial charge in [0.15, 0.2) is 0 Å². The van der Waals surface area contributed by atoms with E-state index in [1.54, 1.807) is 0 Å². The van der Waals surface area contributed by atoms with Gasteiger partial charge in [-0.3, -0.25) is 9.59 Å². The number of benzene rings is 1. The average molecular weight is 334 g/mol. The lowest BCUT2D eigenvalue weighted by Crippen LogP contribution is -2.38. The van der Waals surface area contributed by atoms with Gasteiger partial charge in [-0.25, -0.2) is 0 Å². The Morgan fingerprint density at radius 1 is 1.04 bits per heavy atom. The number of carbonyl (C=O) groups is 2. The van der Waals surface area contributed by atoms with Crippen molar-refractivity contribution in [2.75, 3.05) is 16.8 Å². The second kappa shape index (κ2) is 8.96. The Kier molecular flexibility index (Phi) is 6.96. The third-order valence-electron chi connectivity index (χ3n) is 4.18. The molecule has 1 aliphatic carbocycles. The van der Waals surface area contributed by atoms with Crippen molar-refractivity contribution in [3.8, 4) is 0 Å². The molecule has 1 aromatic rings. The average Bonchev–Trinajstić information content (AvgIpc) is 2.52. The first kappa shape index (κ1) is 17.9. The summed E-state index contributed by atoms with van der Waals surface area (Å²) >= 11 is 1.36. The van der Waals surface area contributed by atoms with E-state index in [0.717, 1.165) is 30.0 Å². The van der Waals surface area contributed by atoms with E-state index in [1.807, 2.05) is 31.2 Å². The van der Waals surface area contributed by atoms with Gasteiger partial charge in [0.05, 0.1) is 11.5 Å². The molecular weight excluding hydrogens is 308 g/mol. The summed E-state index contributed by atoms with van der Waals surface area (Å²) in [5.74, 6) is 1.38. The summed E-state index contributed by atoms with van der Waals surface area (Å²) in [6, 6.07) is 8.01. The van der Waals surface area contributed by atoms with Crippen LogP contribution in [0.3, 0.4) is 0 Å². The van der Waals surface area contributed by atoms with Crippen LogP contribution in [-0.4, -0.2) is 29.4 Å². The maximum absolute atomic E-state index is 11.9. The molecule has 1 fully saturated rings. The van der Waals surface area contributed by atoms with Crippen LogP contribution in [0, 0.1) is 12.8 Å². The molecule has 2 amide bonds. The van der Waals surface area contributed by atoms with E-state index in [-0.39, 0.29) is 11.8 Å². The molecule has 2 N–H and O–H groups in total. The third kappa shape index (κ3) is 6.65. The molecule has 0 aliphatic heterocycles. The molecule has 126 valence electrons. The second-order valence-electron chi connectivity index (χ2n) is 6.43. The van der Waals surface area contributed by atoms with Gasteiger partial charge in [-0.15, -0.1) is 11.8 Å². The Hall–Kier alpha value is -1.49. The predicted molar refractivity (Wildman–Crippen MR) is 96.7 cm³/mol. The normalized spacial score (nSPS) is 20.8. The number of aryl methyl sites for hydroxylation is 1. The SMILES string of the molecule is Cc1ccc(NC(=O)CSCC(=O)NC2CCC(C)CC2)cc1. The number of rotatable bonds is 6. The number of hydrogen-bond donors (Lipinski definition) is 2. The van der Waals surface area contributed by atoms with Crippen LogP contribution in [0.4, 0.5) is 5.69 Å². The number of carbonyl (C=O) groups excluding carboxylic acids is 2. The maximum atomic E-state index is 11.9. The minimum Gasteiger partial charge on any atom is -0.353 e. The predicted octanol–water partition coefficient (Wildman–Crippen LogP) is 3.36. The highest BCUT2D eigenvalue weighted by Crippen LogP contribution is 2.23. The Morgan fingerprint density at radius 3 is 2.30 bits per heavy atom. The second-order valence-corrected chi connectivity index (χ2v) is 7.42. The van der Waals surface area contributed by atoms with Crippen LogP contribution in [0.5, 0.6) is 0 Å². The maximum Gasteiger partial charge on any atom is 0.234 e. The van der Waals surface area contributed by atoms with Crippen molar-refractivity contribution in [3.05, 3.63) is 29.8 Å². The summed E-state index contributed by atoms with van der Waals surface area (Å²) < 4.78 is 0. The zero-order valence-corrected chi connectivity index (χ0v) is 14.7. The number of nitrogens with one attached hydrogen (secondary N) is 2. The zero-order valence-electron chi connectivity index (χ0n) is 13.9.